The number of rotatable bonds is 1. The number of aryl methyl sites for hydroxylation is 2. The molecule has 0 atom stereocenters. The first kappa shape index (κ1) is 8.10. The summed E-state index contributed by atoms with van der Waals surface area (Å²) >= 11 is 0. The lowest BCUT2D eigenvalue weighted by molar-refractivity contribution is 1.06. The molecular weight excluding hydrogens is 164 g/mol. The summed E-state index contributed by atoms with van der Waals surface area (Å²) < 4.78 is 1.64. The molecule has 0 spiro atoms. The van der Waals surface area contributed by atoms with E-state index in [2.05, 4.69) is 11.9 Å². The summed E-state index contributed by atoms with van der Waals surface area (Å²) in [5, 5.41) is 0. The van der Waals surface area contributed by atoms with Gasteiger partial charge in [-0.3, -0.25) is 9.20 Å². The average Bonchev–Trinajstić information content (AvgIpc) is 2.47. The molecule has 68 valence electrons. The zero-order valence-corrected chi connectivity index (χ0v) is 7.79. The van der Waals surface area contributed by atoms with Gasteiger partial charge in [-0.2, -0.15) is 0 Å². The van der Waals surface area contributed by atoms with E-state index in [1.807, 2.05) is 19.2 Å². The van der Waals surface area contributed by atoms with E-state index in [1.165, 1.54) is 0 Å². The Morgan fingerprint density at radius 1 is 1.46 bits per heavy atom. The molecule has 3 heteroatoms. The molecule has 0 aromatic carbocycles. The van der Waals surface area contributed by atoms with Crippen molar-refractivity contribution in [3.05, 3.63) is 39.9 Å². The maximum atomic E-state index is 11.5. The third-order valence-electron chi connectivity index (χ3n) is 2.17. The molecular formula is C10H12N2O. The minimum atomic E-state index is 0.0333. The predicted molar refractivity (Wildman–Crippen MR) is 52.1 cm³/mol. The lowest BCUT2D eigenvalue weighted by Crippen LogP contribution is -2.10. The van der Waals surface area contributed by atoms with Crippen LogP contribution in [0.2, 0.25) is 0 Å². The summed E-state index contributed by atoms with van der Waals surface area (Å²) in [6, 6.07) is 3.61. The standard InChI is InChI=1S/C10H12N2O/c1-3-8-6-12-9(11-8)4-7(2)5-10(12)13/h4-6,11H,3H2,1-2H3. The number of H-pyrrole nitrogens is 1. The molecule has 13 heavy (non-hydrogen) atoms. The van der Waals surface area contributed by atoms with Crippen LogP contribution >= 0.6 is 0 Å². The monoisotopic (exact) mass is 176 g/mol. The number of nitrogens with one attached hydrogen (secondary N) is 1. The van der Waals surface area contributed by atoms with Crippen LogP contribution in [0.5, 0.6) is 0 Å². The van der Waals surface area contributed by atoms with Gasteiger partial charge in [0.15, 0.2) is 0 Å². The molecule has 2 aromatic rings. The topological polar surface area (TPSA) is 37.3 Å². The molecule has 0 fully saturated rings. The highest BCUT2D eigenvalue weighted by Gasteiger charge is 2.00. The van der Waals surface area contributed by atoms with Gasteiger partial charge in [0.2, 0.25) is 0 Å². The molecule has 0 bridgehead atoms. The van der Waals surface area contributed by atoms with Gasteiger partial charge < -0.3 is 4.98 Å². The normalized spacial score (nSPS) is 10.9. The Balaban J connectivity index is 2.83. The van der Waals surface area contributed by atoms with Gasteiger partial charge >= 0.3 is 0 Å². The van der Waals surface area contributed by atoms with Crippen molar-refractivity contribution >= 4 is 5.65 Å². The van der Waals surface area contributed by atoms with E-state index >= 15 is 0 Å². The molecule has 0 aliphatic rings. The van der Waals surface area contributed by atoms with Crippen molar-refractivity contribution in [1.82, 2.24) is 9.38 Å². The molecule has 0 aliphatic carbocycles. The Hall–Kier alpha value is -1.51. The van der Waals surface area contributed by atoms with E-state index in [4.69, 9.17) is 0 Å². The second-order valence-electron chi connectivity index (χ2n) is 3.26. The predicted octanol–water partition coefficient (Wildman–Crippen LogP) is 1.50. The molecule has 1 N–H and O–H groups in total. The Labute approximate surface area is 76.0 Å². The van der Waals surface area contributed by atoms with Crippen LogP contribution in [0.25, 0.3) is 5.65 Å². The van der Waals surface area contributed by atoms with Gasteiger partial charge in [-0.1, -0.05) is 6.92 Å². The second-order valence-corrected chi connectivity index (χ2v) is 3.26. The minimum Gasteiger partial charge on any atom is -0.343 e. The van der Waals surface area contributed by atoms with Crippen molar-refractivity contribution in [1.29, 1.82) is 0 Å². The van der Waals surface area contributed by atoms with Crippen molar-refractivity contribution in [2.75, 3.05) is 0 Å². The van der Waals surface area contributed by atoms with E-state index in [-0.39, 0.29) is 5.56 Å². The summed E-state index contributed by atoms with van der Waals surface area (Å²) in [5.41, 5.74) is 2.99. The average molecular weight is 176 g/mol. The molecule has 0 amide bonds. The first-order valence-corrected chi connectivity index (χ1v) is 4.41. The van der Waals surface area contributed by atoms with Crippen molar-refractivity contribution in [3.8, 4) is 0 Å². The highest BCUT2D eigenvalue weighted by molar-refractivity contribution is 5.42. The maximum absolute atomic E-state index is 11.5. The van der Waals surface area contributed by atoms with Crippen LogP contribution in [0.15, 0.2) is 23.1 Å². The third-order valence-corrected chi connectivity index (χ3v) is 2.17. The van der Waals surface area contributed by atoms with Crippen molar-refractivity contribution < 1.29 is 0 Å². The fraction of sp³-hybridized carbons (Fsp3) is 0.300. The zero-order chi connectivity index (χ0) is 9.42. The van der Waals surface area contributed by atoms with E-state index in [1.54, 1.807) is 10.5 Å². The number of aromatic nitrogens is 2. The van der Waals surface area contributed by atoms with Crippen LogP contribution in [-0.2, 0) is 6.42 Å². The van der Waals surface area contributed by atoms with Crippen LogP contribution in [-0.4, -0.2) is 9.38 Å². The van der Waals surface area contributed by atoms with Gasteiger partial charge in [-0.15, -0.1) is 0 Å². The fourth-order valence-electron chi connectivity index (χ4n) is 1.47. The summed E-state index contributed by atoms with van der Waals surface area (Å²) in [6.07, 6.45) is 2.78. The van der Waals surface area contributed by atoms with Crippen molar-refractivity contribution in [3.63, 3.8) is 0 Å². The number of nitrogens with zero attached hydrogens (tertiary/aromatic N) is 1. The van der Waals surface area contributed by atoms with Crippen LogP contribution < -0.4 is 5.56 Å². The maximum Gasteiger partial charge on any atom is 0.256 e. The Kier molecular flexibility index (Phi) is 1.72. The van der Waals surface area contributed by atoms with E-state index in [0.717, 1.165) is 23.3 Å². The molecule has 2 heterocycles. The number of hydrogen-bond donors (Lipinski definition) is 1. The van der Waals surface area contributed by atoms with Crippen molar-refractivity contribution in [2.24, 2.45) is 0 Å². The summed E-state index contributed by atoms with van der Waals surface area (Å²) in [4.78, 5) is 14.7. The van der Waals surface area contributed by atoms with Crippen LogP contribution in [0.1, 0.15) is 18.2 Å². The zero-order valence-electron chi connectivity index (χ0n) is 7.79. The van der Waals surface area contributed by atoms with E-state index in [0.29, 0.717) is 0 Å². The van der Waals surface area contributed by atoms with Crippen LogP contribution in [0.4, 0.5) is 0 Å². The van der Waals surface area contributed by atoms with Gasteiger partial charge in [0.25, 0.3) is 5.56 Å². The van der Waals surface area contributed by atoms with Gasteiger partial charge in [-0.05, 0) is 25.0 Å². The number of fused-ring (bicyclic) bond motifs is 1. The Morgan fingerprint density at radius 2 is 2.23 bits per heavy atom. The SMILES string of the molecule is CCc1cn2c(=O)cc(C)cc2[nH]1. The summed E-state index contributed by atoms with van der Waals surface area (Å²) in [6.45, 7) is 3.98. The second kappa shape index (κ2) is 2.76. The quantitative estimate of drug-likeness (QED) is 0.702. The smallest absolute Gasteiger partial charge is 0.256 e. The highest BCUT2D eigenvalue weighted by atomic mass is 16.1. The lowest BCUT2D eigenvalue weighted by atomic mass is 10.3. The molecule has 0 radical (unpaired) electrons. The number of hydrogen-bond acceptors (Lipinski definition) is 1. The first-order valence-electron chi connectivity index (χ1n) is 4.41. The minimum absolute atomic E-state index is 0.0333. The van der Waals surface area contributed by atoms with E-state index in [9.17, 15) is 4.79 Å². The largest absolute Gasteiger partial charge is 0.343 e. The molecule has 0 aliphatic heterocycles. The lowest BCUT2D eigenvalue weighted by Gasteiger charge is -1.92. The molecule has 0 saturated carbocycles. The van der Waals surface area contributed by atoms with E-state index < -0.39 is 0 Å². The number of imidazole rings is 1. The van der Waals surface area contributed by atoms with Gasteiger partial charge in [0, 0.05) is 18.0 Å². The molecule has 3 nitrogen and oxygen atoms in total. The molecule has 0 saturated heterocycles. The van der Waals surface area contributed by atoms with Gasteiger partial charge in [0.05, 0.1) is 0 Å². The third kappa shape index (κ3) is 1.26. The molecule has 0 unspecified atom stereocenters. The van der Waals surface area contributed by atoms with Crippen LogP contribution in [0, 0.1) is 6.92 Å². The Bertz CT molecular complexity index is 493. The molecule has 2 rings (SSSR count). The number of pyridine rings is 1. The van der Waals surface area contributed by atoms with Gasteiger partial charge in [0.1, 0.15) is 5.65 Å². The van der Waals surface area contributed by atoms with Crippen molar-refractivity contribution in [2.45, 2.75) is 20.3 Å². The highest BCUT2D eigenvalue weighted by Crippen LogP contribution is 2.04. The molecule has 2 aromatic heterocycles. The van der Waals surface area contributed by atoms with Gasteiger partial charge in [-0.25, -0.2) is 0 Å². The summed E-state index contributed by atoms with van der Waals surface area (Å²) in [7, 11) is 0. The first-order chi connectivity index (χ1) is 6.20. The summed E-state index contributed by atoms with van der Waals surface area (Å²) in [5.74, 6) is 0. The Morgan fingerprint density at radius 3 is 2.92 bits per heavy atom. The fourth-order valence-corrected chi connectivity index (χ4v) is 1.47. The van der Waals surface area contributed by atoms with Crippen LogP contribution in [0.3, 0.4) is 0 Å². The number of aromatic amines is 1.